The van der Waals surface area contributed by atoms with E-state index in [1.54, 1.807) is 12.3 Å². The Hall–Kier alpha value is -2.56. The van der Waals surface area contributed by atoms with E-state index in [9.17, 15) is 9.90 Å². The number of aromatic hydroxyl groups is 1. The number of hydrogen-bond acceptors (Lipinski definition) is 3. The Balaban J connectivity index is 2.30. The molecule has 0 saturated carbocycles. The van der Waals surface area contributed by atoms with E-state index in [0.29, 0.717) is 5.69 Å². The van der Waals surface area contributed by atoms with Crippen molar-refractivity contribution in [2.45, 2.75) is 0 Å². The van der Waals surface area contributed by atoms with Gasteiger partial charge in [-0.2, -0.15) is 0 Å². The first kappa shape index (κ1) is 11.9. The molecule has 0 aliphatic rings. The number of carboxylic acid groups (broad SMARTS) is 1. The van der Waals surface area contributed by atoms with Crippen LogP contribution in [0, 0.1) is 0 Å². The number of aliphatic imine (C=N–C) groups is 1. The molecule has 0 amide bonds. The third-order valence-corrected chi connectivity index (χ3v) is 2.54. The number of carboxylic acids is 1. The van der Waals surface area contributed by atoms with Crippen molar-refractivity contribution in [1.82, 2.24) is 4.57 Å². The second-order valence-corrected chi connectivity index (χ2v) is 3.81. The molecule has 2 N–H and O–H groups in total. The monoisotopic (exact) mass is 244 g/mol. The van der Waals surface area contributed by atoms with Gasteiger partial charge in [-0.1, -0.05) is 0 Å². The number of phenols is 1. The maximum atomic E-state index is 10.8. The molecule has 18 heavy (non-hydrogen) atoms. The van der Waals surface area contributed by atoms with E-state index < -0.39 is 5.97 Å². The van der Waals surface area contributed by atoms with Gasteiger partial charge in [-0.15, -0.1) is 0 Å². The number of carbonyl (C=O) groups is 1. The van der Waals surface area contributed by atoms with Crippen molar-refractivity contribution in [1.29, 1.82) is 0 Å². The molecule has 0 fully saturated rings. The summed E-state index contributed by atoms with van der Waals surface area (Å²) in [6.45, 7) is 0. The topological polar surface area (TPSA) is 74.8 Å². The van der Waals surface area contributed by atoms with Crippen LogP contribution in [0.2, 0.25) is 0 Å². The Kier molecular flexibility index (Phi) is 3.14. The Morgan fingerprint density at radius 2 is 2.17 bits per heavy atom. The first-order valence-electron chi connectivity index (χ1n) is 5.29. The molecule has 1 heterocycles. The van der Waals surface area contributed by atoms with Crippen LogP contribution in [0.1, 0.15) is 16.1 Å². The molecule has 0 aliphatic carbocycles. The second-order valence-electron chi connectivity index (χ2n) is 3.81. The normalized spacial score (nSPS) is 10.9. The first-order valence-corrected chi connectivity index (χ1v) is 5.29. The molecule has 0 unspecified atom stereocenters. The van der Waals surface area contributed by atoms with Crippen LogP contribution in [0.5, 0.6) is 5.75 Å². The lowest BCUT2D eigenvalue weighted by Crippen LogP contribution is -1.96. The highest BCUT2D eigenvalue weighted by Gasteiger charge is 2.09. The van der Waals surface area contributed by atoms with Gasteiger partial charge in [-0.3, -0.25) is 4.99 Å². The SMILES string of the molecule is Cn1cccc1C=Nc1ccc(O)c(C(=O)O)c1. The second kappa shape index (κ2) is 4.75. The summed E-state index contributed by atoms with van der Waals surface area (Å²) < 4.78 is 1.89. The highest BCUT2D eigenvalue weighted by Crippen LogP contribution is 2.23. The van der Waals surface area contributed by atoms with Crippen molar-refractivity contribution in [2.24, 2.45) is 12.0 Å². The van der Waals surface area contributed by atoms with E-state index in [2.05, 4.69) is 4.99 Å². The average molecular weight is 244 g/mol. The predicted octanol–water partition coefficient (Wildman–Crippen LogP) is 2.18. The molecule has 92 valence electrons. The summed E-state index contributed by atoms with van der Waals surface area (Å²) in [6.07, 6.45) is 3.53. The Labute approximate surface area is 104 Å². The molecule has 2 aromatic rings. The summed E-state index contributed by atoms with van der Waals surface area (Å²) in [6, 6.07) is 7.99. The van der Waals surface area contributed by atoms with Gasteiger partial charge in [-0.05, 0) is 30.3 Å². The zero-order valence-electron chi connectivity index (χ0n) is 9.74. The molecular formula is C13H12N2O3. The third-order valence-electron chi connectivity index (χ3n) is 2.54. The zero-order chi connectivity index (χ0) is 13.1. The maximum Gasteiger partial charge on any atom is 0.339 e. The maximum absolute atomic E-state index is 10.8. The molecule has 5 heteroatoms. The van der Waals surface area contributed by atoms with Gasteiger partial charge >= 0.3 is 5.97 Å². The number of nitrogens with zero attached hydrogens (tertiary/aromatic N) is 2. The molecule has 0 radical (unpaired) electrons. The van der Waals surface area contributed by atoms with Crippen LogP contribution in [0.15, 0.2) is 41.5 Å². The van der Waals surface area contributed by atoms with Crippen molar-refractivity contribution in [3.63, 3.8) is 0 Å². The van der Waals surface area contributed by atoms with E-state index in [-0.39, 0.29) is 11.3 Å². The molecule has 0 saturated heterocycles. The first-order chi connectivity index (χ1) is 8.58. The minimum Gasteiger partial charge on any atom is -0.507 e. The van der Waals surface area contributed by atoms with Gasteiger partial charge in [0.05, 0.1) is 17.6 Å². The number of aromatic carboxylic acids is 1. The summed E-state index contributed by atoms with van der Waals surface area (Å²) in [5.41, 5.74) is 1.22. The molecule has 5 nitrogen and oxygen atoms in total. The van der Waals surface area contributed by atoms with Gasteiger partial charge in [-0.25, -0.2) is 4.79 Å². The summed E-state index contributed by atoms with van der Waals surface area (Å²) in [4.78, 5) is 15.0. The van der Waals surface area contributed by atoms with Gasteiger partial charge in [0.2, 0.25) is 0 Å². The van der Waals surface area contributed by atoms with Gasteiger partial charge in [0.1, 0.15) is 11.3 Å². The van der Waals surface area contributed by atoms with E-state index >= 15 is 0 Å². The number of aryl methyl sites for hydroxylation is 1. The van der Waals surface area contributed by atoms with E-state index in [4.69, 9.17) is 5.11 Å². The fourth-order valence-electron chi connectivity index (χ4n) is 1.52. The van der Waals surface area contributed by atoms with Crippen molar-refractivity contribution >= 4 is 17.9 Å². The Morgan fingerprint density at radius 3 is 2.78 bits per heavy atom. The average Bonchev–Trinajstić information content (AvgIpc) is 2.73. The fraction of sp³-hybridized carbons (Fsp3) is 0.0769. The smallest absolute Gasteiger partial charge is 0.339 e. The van der Waals surface area contributed by atoms with E-state index in [1.807, 2.05) is 29.9 Å². The Morgan fingerprint density at radius 1 is 1.39 bits per heavy atom. The molecule has 0 aliphatic heterocycles. The predicted molar refractivity (Wildman–Crippen MR) is 67.7 cm³/mol. The van der Waals surface area contributed by atoms with Crippen molar-refractivity contribution in [3.8, 4) is 5.75 Å². The van der Waals surface area contributed by atoms with Crippen LogP contribution >= 0.6 is 0 Å². The quantitative estimate of drug-likeness (QED) is 0.812. The number of benzene rings is 1. The molecule has 0 bridgehead atoms. The number of rotatable bonds is 3. The van der Waals surface area contributed by atoms with E-state index in [1.165, 1.54) is 12.1 Å². The molecule has 1 aromatic carbocycles. The van der Waals surface area contributed by atoms with Crippen LogP contribution in [0.25, 0.3) is 0 Å². The van der Waals surface area contributed by atoms with Gasteiger partial charge in [0.15, 0.2) is 0 Å². The third kappa shape index (κ3) is 2.40. The lowest BCUT2D eigenvalue weighted by Gasteiger charge is -2.00. The van der Waals surface area contributed by atoms with Crippen molar-refractivity contribution in [3.05, 3.63) is 47.8 Å². The van der Waals surface area contributed by atoms with Crippen LogP contribution in [-0.2, 0) is 7.05 Å². The largest absolute Gasteiger partial charge is 0.507 e. The highest BCUT2D eigenvalue weighted by atomic mass is 16.4. The summed E-state index contributed by atoms with van der Waals surface area (Å²) in [7, 11) is 1.89. The fourth-order valence-corrected chi connectivity index (χ4v) is 1.52. The molecular weight excluding hydrogens is 232 g/mol. The standard InChI is InChI=1S/C13H12N2O3/c1-15-6-2-3-10(15)8-14-9-4-5-12(16)11(7-9)13(17)18/h2-8,16H,1H3,(H,17,18). The number of aromatic nitrogens is 1. The number of hydrogen-bond donors (Lipinski definition) is 2. The van der Waals surface area contributed by atoms with Crippen molar-refractivity contribution < 1.29 is 15.0 Å². The lowest BCUT2D eigenvalue weighted by atomic mass is 10.2. The minimum atomic E-state index is -1.18. The Bertz CT molecular complexity index is 614. The van der Waals surface area contributed by atoms with Gasteiger partial charge in [0.25, 0.3) is 0 Å². The lowest BCUT2D eigenvalue weighted by molar-refractivity contribution is 0.0694. The molecule has 2 rings (SSSR count). The summed E-state index contributed by atoms with van der Waals surface area (Å²) >= 11 is 0. The highest BCUT2D eigenvalue weighted by molar-refractivity contribution is 5.92. The molecule has 1 aromatic heterocycles. The van der Waals surface area contributed by atoms with Crippen LogP contribution in [0.4, 0.5) is 5.69 Å². The molecule has 0 spiro atoms. The van der Waals surface area contributed by atoms with Gasteiger partial charge in [0, 0.05) is 13.2 Å². The minimum absolute atomic E-state index is 0.156. The summed E-state index contributed by atoms with van der Waals surface area (Å²) in [5.74, 6) is -1.44. The van der Waals surface area contributed by atoms with Gasteiger partial charge < -0.3 is 14.8 Å². The van der Waals surface area contributed by atoms with Crippen LogP contribution in [-0.4, -0.2) is 27.0 Å². The summed E-state index contributed by atoms with van der Waals surface area (Å²) in [5, 5.41) is 18.2. The van der Waals surface area contributed by atoms with Crippen molar-refractivity contribution in [2.75, 3.05) is 0 Å². The zero-order valence-corrected chi connectivity index (χ0v) is 9.74. The van der Waals surface area contributed by atoms with Crippen LogP contribution in [0.3, 0.4) is 0 Å². The molecule has 0 atom stereocenters. The van der Waals surface area contributed by atoms with E-state index in [0.717, 1.165) is 5.69 Å². The van der Waals surface area contributed by atoms with Crippen LogP contribution < -0.4 is 0 Å².